The lowest BCUT2D eigenvalue weighted by Crippen LogP contribution is -2.36. The van der Waals surface area contributed by atoms with Crippen LogP contribution in [0.25, 0.3) is 10.9 Å². The number of aryl methyl sites for hydroxylation is 1. The molecule has 0 radical (unpaired) electrons. The number of piperidine rings is 1. The maximum Gasteiger partial charge on any atom is 0.261 e. The van der Waals surface area contributed by atoms with Crippen molar-refractivity contribution in [3.05, 3.63) is 58.9 Å². The van der Waals surface area contributed by atoms with Crippen molar-refractivity contribution < 1.29 is 0 Å². The number of hydrogen-bond donors (Lipinski definition) is 0. The van der Waals surface area contributed by atoms with E-state index in [4.69, 9.17) is 0 Å². The summed E-state index contributed by atoms with van der Waals surface area (Å²) in [6, 6.07) is 7.55. The molecule has 1 aromatic carbocycles. The molecule has 0 bridgehead atoms. The summed E-state index contributed by atoms with van der Waals surface area (Å²) in [5.74, 6) is 0.533. The molecule has 25 heavy (non-hydrogen) atoms. The van der Waals surface area contributed by atoms with Gasteiger partial charge in [0.05, 0.1) is 23.4 Å². The first-order valence-electron chi connectivity index (χ1n) is 8.83. The van der Waals surface area contributed by atoms with E-state index in [2.05, 4.69) is 21.2 Å². The summed E-state index contributed by atoms with van der Waals surface area (Å²) in [5.41, 5.74) is 2.11. The molecule has 130 valence electrons. The summed E-state index contributed by atoms with van der Waals surface area (Å²) in [7, 11) is 1.95. The van der Waals surface area contributed by atoms with Gasteiger partial charge in [0.25, 0.3) is 5.56 Å². The third-order valence-corrected chi connectivity index (χ3v) is 5.06. The second-order valence-corrected chi connectivity index (χ2v) is 6.96. The molecule has 0 atom stereocenters. The lowest BCUT2D eigenvalue weighted by molar-refractivity contribution is 0.166. The van der Waals surface area contributed by atoms with Gasteiger partial charge in [0.1, 0.15) is 0 Å². The molecule has 0 unspecified atom stereocenters. The van der Waals surface area contributed by atoms with E-state index in [1.54, 1.807) is 10.9 Å². The van der Waals surface area contributed by atoms with E-state index < -0.39 is 0 Å². The van der Waals surface area contributed by atoms with E-state index in [-0.39, 0.29) is 5.56 Å². The normalized spacial score (nSPS) is 16.5. The molecule has 1 fully saturated rings. The van der Waals surface area contributed by atoms with Crippen LogP contribution in [0.15, 0.2) is 47.8 Å². The minimum atomic E-state index is 0.0726. The predicted molar refractivity (Wildman–Crippen MR) is 97.2 cm³/mol. The molecule has 1 aliphatic heterocycles. The highest BCUT2D eigenvalue weighted by atomic mass is 16.1. The molecule has 0 saturated carbocycles. The van der Waals surface area contributed by atoms with Gasteiger partial charge in [0, 0.05) is 31.9 Å². The van der Waals surface area contributed by atoms with Crippen molar-refractivity contribution in [2.24, 2.45) is 13.0 Å². The number of rotatable bonds is 4. The first kappa shape index (κ1) is 16.0. The van der Waals surface area contributed by atoms with Gasteiger partial charge in [-0.3, -0.25) is 18.9 Å². The highest BCUT2D eigenvalue weighted by molar-refractivity contribution is 5.76. The zero-order chi connectivity index (χ0) is 17.2. The van der Waals surface area contributed by atoms with Crippen molar-refractivity contribution in [3.8, 4) is 0 Å². The largest absolute Gasteiger partial charge is 0.299 e. The molecule has 0 N–H and O–H groups in total. The van der Waals surface area contributed by atoms with Crippen LogP contribution in [0, 0.1) is 5.92 Å². The molecule has 3 aromatic rings. The van der Waals surface area contributed by atoms with E-state index in [0.29, 0.717) is 11.3 Å². The Labute approximate surface area is 146 Å². The lowest BCUT2D eigenvalue weighted by Gasteiger charge is -2.31. The summed E-state index contributed by atoms with van der Waals surface area (Å²) in [6.45, 7) is 3.85. The smallest absolute Gasteiger partial charge is 0.261 e. The summed E-state index contributed by atoms with van der Waals surface area (Å²) in [6.07, 6.45) is 7.94. The topological polar surface area (TPSA) is 56.0 Å². The van der Waals surface area contributed by atoms with Crippen molar-refractivity contribution >= 4 is 10.9 Å². The number of para-hydroxylation sites is 1. The molecule has 6 nitrogen and oxygen atoms in total. The van der Waals surface area contributed by atoms with E-state index >= 15 is 0 Å². The first-order valence-corrected chi connectivity index (χ1v) is 8.83. The Balaban J connectivity index is 1.39. The molecule has 6 heteroatoms. The number of hydrogen-bond acceptors (Lipinski definition) is 4. The highest BCUT2D eigenvalue weighted by Gasteiger charge is 2.20. The van der Waals surface area contributed by atoms with E-state index in [9.17, 15) is 4.79 Å². The fourth-order valence-electron chi connectivity index (χ4n) is 3.65. The maximum absolute atomic E-state index is 12.6. The van der Waals surface area contributed by atoms with Crippen LogP contribution < -0.4 is 5.56 Å². The Morgan fingerprint density at radius 1 is 1.20 bits per heavy atom. The summed E-state index contributed by atoms with van der Waals surface area (Å²) >= 11 is 0. The van der Waals surface area contributed by atoms with Gasteiger partial charge >= 0.3 is 0 Å². The fourth-order valence-corrected chi connectivity index (χ4v) is 3.65. The molecule has 0 amide bonds. The third-order valence-electron chi connectivity index (χ3n) is 5.06. The summed E-state index contributed by atoms with van der Waals surface area (Å²) in [5, 5.41) is 4.94. The van der Waals surface area contributed by atoms with E-state index in [0.717, 1.165) is 44.5 Å². The first-order chi connectivity index (χ1) is 12.2. The third kappa shape index (κ3) is 3.49. The zero-order valence-corrected chi connectivity index (χ0v) is 14.5. The van der Waals surface area contributed by atoms with E-state index in [1.807, 2.05) is 42.2 Å². The molecule has 3 heterocycles. The quantitative estimate of drug-likeness (QED) is 0.731. The molecular weight excluding hydrogens is 314 g/mol. The Morgan fingerprint density at radius 2 is 2.00 bits per heavy atom. The molecule has 1 saturated heterocycles. The molecule has 2 aromatic heterocycles. The SMILES string of the molecule is Cn1cc(CN2CCC(Cn3cnc4ccccc4c3=O)CC2)cn1. The number of aromatic nitrogens is 4. The van der Waals surface area contributed by atoms with Gasteiger partial charge in [-0.2, -0.15) is 5.10 Å². The molecule has 4 rings (SSSR count). The van der Waals surface area contributed by atoms with Gasteiger partial charge in [-0.1, -0.05) is 12.1 Å². The van der Waals surface area contributed by atoms with Crippen LogP contribution in [-0.2, 0) is 20.1 Å². The highest BCUT2D eigenvalue weighted by Crippen LogP contribution is 2.20. The van der Waals surface area contributed by atoms with Crippen LogP contribution in [0.5, 0.6) is 0 Å². The number of likely N-dealkylation sites (tertiary alicyclic amines) is 1. The van der Waals surface area contributed by atoms with E-state index in [1.165, 1.54) is 5.56 Å². The Bertz CT molecular complexity index is 921. The number of nitrogens with zero attached hydrogens (tertiary/aromatic N) is 5. The summed E-state index contributed by atoms with van der Waals surface area (Å²) in [4.78, 5) is 19.5. The fraction of sp³-hybridized carbons (Fsp3) is 0.421. The zero-order valence-electron chi connectivity index (χ0n) is 14.5. The number of benzene rings is 1. The lowest BCUT2D eigenvalue weighted by atomic mass is 9.96. The standard InChI is InChI=1S/C19H23N5O/c1-22-11-16(10-21-22)12-23-8-6-15(7-9-23)13-24-14-20-18-5-3-2-4-17(18)19(24)25/h2-5,10-11,14-15H,6-9,12-13H2,1H3. The number of fused-ring (bicyclic) bond motifs is 1. The minimum Gasteiger partial charge on any atom is -0.299 e. The van der Waals surface area contributed by atoms with Crippen molar-refractivity contribution in [2.45, 2.75) is 25.9 Å². The molecule has 0 aliphatic carbocycles. The molecule has 0 spiro atoms. The predicted octanol–water partition coefficient (Wildman–Crippen LogP) is 2.04. The van der Waals surface area contributed by atoms with Crippen molar-refractivity contribution in [3.63, 3.8) is 0 Å². The van der Waals surface area contributed by atoms with Crippen LogP contribution in [0.1, 0.15) is 18.4 Å². The Kier molecular flexibility index (Phi) is 4.36. The van der Waals surface area contributed by atoms with Gasteiger partial charge < -0.3 is 0 Å². The van der Waals surface area contributed by atoms with Gasteiger partial charge in [-0.05, 0) is 44.0 Å². The summed E-state index contributed by atoms with van der Waals surface area (Å²) < 4.78 is 3.63. The van der Waals surface area contributed by atoms with Crippen molar-refractivity contribution in [2.75, 3.05) is 13.1 Å². The van der Waals surface area contributed by atoms with Gasteiger partial charge in [-0.25, -0.2) is 4.98 Å². The van der Waals surface area contributed by atoms with Crippen LogP contribution in [0.4, 0.5) is 0 Å². The second-order valence-electron chi connectivity index (χ2n) is 6.96. The minimum absolute atomic E-state index is 0.0726. The average molecular weight is 337 g/mol. The van der Waals surface area contributed by atoms with Gasteiger partial charge in [-0.15, -0.1) is 0 Å². The Morgan fingerprint density at radius 3 is 2.76 bits per heavy atom. The molecular formula is C19H23N5O. The van der Waals surface area contributed by atoms with Gasteiger partial charge in [0.2, 0.25) is 0 Å². The van der Waals surface area contributed by atoms with Crippen LogP contribution in [0.3, 0.4) is 0 Å². The van der Waals surface area contributed by atoms with Crippen LogP contribution >= 0.6 is 0 Å². The van der Waals surface area contributed by atoms with Crippen LogP contribution in [-0.4, -0.2) is 37.3 Å². The second kappa shape index (κ2) is 6.80. The average Bonchev–Trinajstić information content (AvgIpc) is 3.04. The Hall–Kier alpha value is -2.47. The maximum atomic E-state index is 12.6. The molecule has 1 aliphatic rings. The van der Waals surface area contributed by atoms with Gasteiger partial charge in [0.15, 0.2) is 0 Å². The van der Waals surface area contributed by atoms with Crippen molar-refractivity contribution in [1.29, 1.82) is 0 Å². The monoisotopic (exact) mass is 337 g/mol. The van der Waals surface area contributed by atoms with Crippen LogP contribution in [0.2, 0.25) is 0 Å². The van der Waals surface area contributed by atoms with Crippen molar-refractivity contribution in [1.82, 2.24) is 24.2 Å².